The Kier molecular flexibility index (Phi) is 7.00. The van der Waals surface area contributed by atoms with Crippen molar-refractivity contribution in [2.75, 3.05) is 20.3 Å². The molecule has 0 aromatic carbocycles. The smallest absolute Gasteiger partial charge is 0.0598 e. The van der Waals surface area contributed by atoms with E-state index in [-0.39, 0.29) is 5.60 Å². The van der Waals surface area contributed by atoms with Crippen LogP contribution in [-0.4, -0.2) is 30.8 Å². The van der Waals surface area contributed by atoms with Crippen molar-refractivity contribution < 1.29 is 9.47 Å². The summed E-state index contributed by atoms with van der Waals surface area (Å²) >= 11 is 3.54. The van der Waals surface area contributed by atoms with Gasteiger partial charge in [-0.15, -0.1) is 0 Å². The van der Waals surface area contributed by atoms with Crippen molar-refractivity contribution in [3.05, 3.63) is 0 Å². The first-order chi connectivity index (χ1) is 5.95. The molecule has 13 heavy (non-hydrogen) atoms. The van der Waals surface area contributed by atoms with Crippen LogP contribution in [0, 0.1) is 0 Å². The second-order valence-corrected chi connectivity index (χ2v) is 5.45. The average Bonchev–Trinajstić information content (AvgIpc) is 1.97. The van der Waals surface area contributed by atoms with Gasteiger partial charge in [0.2, 0.25) is 0 Å². The molecule has 1 atom stereocenters. The van der Waals surface area contributed by atoms with Crippen LogP contribution in [0.15, 0.2) is 0 Å². The van der Waals surface area contributed by atoms with Crippen molar-refractivity contribution in [2.45, 2.75) is 44.0 Å². The molecule has 0 aliphatic heterocycles. The summed E-state index contributed by atoms with van der Waals surface area (Å²) in [7, 11) is 1.72. The number of alkyl halides is 1. The lowest BCUT2D eigenvalue weighted by Gasteiger charge is -2.19. The van der Waals surface area contributed by atoms with Crippen LogP contribution in [-0.2, 0) is 9.47 Å². The Labute approximate surface area is 90.1 Å². The summed E-state index contributed by atoms with van der Waals surface area (Å²) in [5.74, 6) is 0. The van der Waals surface area contributed by atoms with E-state index < -0.39 is 0 Å². The average molecular weight is 253 g/mol. The molecule has 0 radical (unpaired) electrons. The third-order valence-corrected chi connectivity index (χ3v) is 2.27. The molecule has 1 unspecified atom stereocenters. The van der Waals surface area contributed by atoms with Gasteiger partial charge < -0.3 is 9.47 Å². The summed E-state index contributed by atoms with van der Waals surface area (Å²) in [6.45, 7) is 7.83. The molecular weight excluding hydrogens is 232 g/mol. The van der Waals surface area contributed by atoms with Crippen LogP contribution in [0.5, 0.6) is 0 Å². The molecule has 80 valence electrons. The Morgan fingerprint density at radius 3 is 2.38 bits per heavy atom. The summed E-state index contributed by atoms with van der Waals surface area (Å²) in [5.41, 5.74) is -0.0108. The van der Waals surface area contributed by atoms with Crippen molar-refractivity contribution in [2.24, 2.45) is 0 Å². The number of methoxy groups -OCH3 is 1. The first-order valence-corrected chi connectivity index (χ1v) is 5.64. The van der Waals surface area contributed by atoms with Crippen molar-refractivity contribution in [1.82, 2.24) is 0 Å². The van der Waals surface area contributed by atoms with E-state index in [1.54, 1.807) is 7.11 Å². The second kappa shape index (κ2) is 6.80. The van der Waals surface area contributed by atoms with Gasteiger partial charge in [0.05, 0.1) is 12.2 Å². The van der Waals surface area contributed by atoms with Gasteiger partial charge in [-0.1, -0.05) is 15.9 Å². The predicted molar refractivity (Wildman–Crippen MR) is 59.5 cm³/mol. The van der Waals surface area contributed by atoms with Gasteiger partial charge in [0.15, 0.2) is 0 Å². The van der Waals surface area contributed by atoms with Crippen LogP contribution in [0.1, 0.15) is 33.6 Å². The molecule has 0 saturated heterocycles. The Morgan fingerprint density at radius 1 is 1.31 bits per heavy atom. The number of ether oxygens (including phenoxy) is 2. The van der Waals surface area contributed by atoms with E-state index in [1.165, 1.54) is 0 Å². The predicted octanol–water partition coefficient (Wildman–Crippen LogP) is 2.99. The topological polar surface area (TPSA) is 18.5 Å². The van der Waals surface area contributed by atoms with Crippen LogP contribution in [0.2, 0.25) is 0 Å². The highest BCUT2D eigenvalue weighted by atomic mass is 79.9. The molecule has 0 aromatic heterocycles. The lowest BCUT2D eigenvalue weighted by atomic mass is 10.2. The van der Waals surface area contributed by atoms with Crippen LogP contribution in [0.4, 0.5) is 0 Å². The van der Waals surface area contributed by atoms with E-state index in [1.807, 2.05) is 0 Å². The van der Waals surface area contributed by atoms with Crippen LogP contribution < -0.4 is 0 Å². The Balaban J connectivity index is 3.25. The zero-order valence-corrected chi connectivity index (χ0v) is 10.7. The van der Waals surface area contributed by atoms with E-state index in [9.17, 15) is 0 Å². The fraction of sp³-hybridized carbons (Fsp3) is 1.00. The summed E-state index contributed by atoms with van der Waals surface area (Å²) < 4.78 is 10.6. The zero-order valence-electron chi connectivity index (χ0n) is 9.10. The number of rotatable bonds is 6. The first kappa shape index (κ1) is 13.4. The lowest BCUT2D eigenvalue weighted by molar-refractivity contribution is -0.00492. The minimum atomic E-state index is -0.0108. The number of hydrogen-bond donors (Lipinski definition) is 0. The molecule has 0 bridgehead atoms. The van der Waals surface area contributed by atoms with Gasteiger partial charge in [-0.3, -0.25) is 0 Å². The van der Waals surface area contributed by atoms with Crippen LogP contribution in [0.3, 0.4) is 0 Å². The molecule has 0 aliphatic carbocycles. The molecule has 3 heteroatoms. The SMILES string of the molecule is COCC(Br)CCCOC(C)(C)C. The van der Waals surface area contributed by atoms with Gasteiger partial charge in [0.1, 0.15) is 0 Å². The van der Waals surface area contributed by atoms with E-state index >= 15 is 0 Å². The van der Waals surface area contributed by atoms with Crippen molar-refractivity contribution in [1.29, 1.82) is 0 Å². The molecule has 0 aromatic rings. The third-order valence-electron chi connectivity index (χ3n) is 1.54. The van der Waals surface area contributed by atoms with Gasteiger partial charge >= 0.3 is 0 Å². The second-order valence-electron chi connectivity index (χ2n) is 4.16. The number of halogens is 1. The third kappa shape index (κ3) is 10.3. The van der Waals surface area contributed by atoms with Crippen LogP contribution in [0.25, 0.3) is 0 Å². The Bertz CT molecular complexity index is 121. The number of hydrogen-bond acceptors (Lipinski definition) is 2. The highest BCUT2D eigenvalue weighted by Gasteiger charge is 2.10. The van der Waals surface area contributed by atoms with E-state index in [2.05, 4.69) is 36.7 Å². The maximum absolute atomic E-state index is 5.60. The van der Waals surface area contributed by atoms with Crippen molar-refractivity contribution >= 4 is 15.9 Å². The Hall–Kier alpha value is 0.400. The van der Waals surface area contributed by atoms with E-state index in [4.69, 9.17) is 9.47 Å². The van der Waals surface area contributed by atoms with Gasteiger partial charge in [-0.05, 0) is 33.6 Å². The summed E-state index contributed by atoms with van der Waals surface area (Å²) in [4.78, 5) is 0.459. The molecule has 0 spiro atoms. The molecule has 0 amide bonds. The van der Waals surface area contributed by atoms with Gasteiger partial charge in [0, 0.05) is 18.5 Å². The molecule has 0 fully saturated rings. The van der Waals surface area contributed by atoms with Gasteiger partial charge in [-0.25, -0.2) is 0 Å². The summed E-state index contributed by atoms with van der Waals surface area (Å²) in [6.07, 6.45) is 2.18. The minimum absolute atomic E-state index is 0.0108. The molecule has 0 heterocycles. The Morgan fingerprint density at radius 2 is 1.92 bits per heavy atom. The monoisotopic (exact) mass is 252 g/mol. The van der Waals surface area contributed by atoms with Crippen molar-refractivity contribution in [3.8, 4) is 0 Å². The van der Waals surface area contributed by atoms with E-state index in [0.29, 0.717) is 4.83 Å². The molecular formula is C10H21BrO2. The fourth-order valence-corrected chi connectivity index (χ4v) is 1.54. The molecule has 2 nitrogen and oxygen atoms in total. The quantitative estimate of drug-likeness (QED) is 0.535. The van der Waals surface area contributed by atoms with Crippen LogP contribution >= 0.6 is 15.9 Å². The normalized spacial score (nSPS) is 14.5. The molecule has 0 N–H and O–H groups in total. The minimum Gasteiger partial charge on any atom is -0.384 e. The molecule has 0 aliphatic rings. The highest BCUT2D eigenvalue weighted by Crippen LogP contribution is 2.11. The summed E-state index contributed by atoms with van der Waals surface area (Å²) in [6, 6.07) is 0. The van der Waals surface area contributed by atoms with Crippen molar-refractivity contribution in [3.63, 3.8) is 0 Å². The molecule has 0 rings (SSSR count). The maximum Gasteiger partial charge on any atom is 0.0598 e. The fourth-order valence-electron chi connectivity index (χ4n) is 0.947. The standard InChI is InChI=1S/C10H21BrO2/c1-10(2,3)13-7-5-6-9(11)8-12-4/h9H,5-8H2,1-4H3. The maximum atomic E-state index is 5.60. The highest BCUT2D eigenvalue weighted by molar-refractivity contribution is 9.09. The summed E-state index contributed by atoms with van der Waals surface area (Å²) in [5, 5.41) is 0. The zero-order chi connectivity index (χ0) is 10.3. The molecule has 0 saturated carbocycles. The van der Waals surface area contributed by atoms with Gasteiger partial charge in [-0.2, -0.15) is 0 Å². The lowest BCUT2D eigenvalue weighted by Crippen LogP contribution is -2.20. The largest absolute Gasteiger partial charge is 0.384 e. The van der Waals surface area contributed by atoms with E-state index in [0.717, 1.165) is 26.1 Å². The first-order valence-electron chi connectivity index (χ1n) is 4.72. The van der Waals surface area contributed by atoms with Gasteiger partial charge in [0.25, 0.3) is 0 Å².